The third kappa shape index (κ3) is 5.20. The highest BCUT2D eigenvalue weighted by Crippen LogP contribution is 2.23. The highest BCUT2D eigenvalue weighted by atomic mass is 35.5. The zero-order chi connectivity index (χ0) is 16.8. The van der Waals surface area contributed by atoms with E-state index in [-0.39, 0.29) is 24.7 Å². The van der Waals surface area contributed by atoms with E-state index in [9.17, 15) is 9.59 Å². The first kappa shape index (κ1) is 17.7. The van der Waals surface area contributed by atoms with Crippen molar-refractivity contribution < 1.29 is 14.3 Å². The second-order valence-corrected chi connectivity index (χ2v) is 6.20. The highest BCUT2D eigenvalue weighted by molar-refractivity contribution is 7.13. The van der Waals surface area contributed by atoms with Gasteiger partial charge in [0.25, 0.3) is 0 Å². The van der Waals surface area contributed by atoms with Gasteiger partial charge in [0.2, 0.25) is 0 Å². The summed E-state index contributed by atoms with van der Waals surface area (Å²) in [7, 11) is 0. The van der Waals surface area contributed by atoms with Gasteiger partial charge in [0, 0.05) is 10.9 Å². The fourth-order valence-corrected chi connectivity index (χ4v) is 2.76. The molecule has 1 aromatic carbocycles. The molecule has 2 aromatic rings. The maximum atomic E-state index is 12.1. The molecule has 8 heteroatoms. The number of hydrogen-bond donors (Lipinski definition) is 1. The number of esters is 1. The number of benzene rings is 1. The standard InChI is InChI=1S/C15H14Cl2N2O3S/c1-2-22-14(21)6-10-8-23-15(19-10)18-7-13(20)9-3-4-11(16)12(17)5-9/h3-5,8H,2,6-7H2,1H3,(H,18,19). The zero-order valence-electron chi connectivity index (χ0n) is 12.3. The molecule has 1 N–H and O–H groups in total. The lowest BCUT2D eigenvalue weighted by atomic mass is 10.1. The zero-order valence-corrected chi connectivity index (χ0v) is 14.6. The number of ether oxygens (including phenoxy) is 1. The number of halogens is 2. The number of ketones is 1. The van der Waals surface area contributed by atoms with Crippen molar-refractivity contribution >= 4 is 51.4 Å². The Morgan fingerprint density at radius 3 is 2.78 bits per heavy atom. The molecule has 0 aliphatic rings. The molecule has 5 nitrogen and oxygen atoms in total. The van der Waals surface area contributed by atoms with Crippen LogP contribution in [0.1, 0.15) is 23.0 Å². The van der Waals surface area contributed by atoms with Crippen molar-refractivity contribution in [2.24, 2.45) is 0 Å². The van der Waals surface area contributed by atoms with E-state index >= 15 is 0 Å². The summed E-state index contributed by atoms with van der Waals surface area (Å²) in [5.41, 5.74) is 1.08. The van der Waals surface area contributed by atoms with E-state index < -0.39 is 0 Å². The van der Waals surface area contributed by atoms with Crippen LogP contribution < -0.4 is 5.32 Å². The quantitative estimate of drug-likeness (QED) is 0.590. The molecular formula is C15H14Cl2N2O3S. The van der Waals surface area contributed by atoms with Gasteiger partial charge in [-0.05, 0) is 25.1 Å². The summed E-state index contributed by atoms with van der Waals surface area (Å²) in [6, 6.07) is 4.73. The Morgan fingerprint density at radius 1 is 1.30 bits per heavy atom. The van der Waals surface area contributed by atoms with Crippen molar-refractivity contribution in [1.82, 2.24) is 4.98 Å². The average Bonchev–Trinajstić information content (AvgIpc) is 2.95. The van der Waals surface area contributed by atoms with E-state index in [1.54, 1.807) is 24.4 Å². The molecule has 122 valence electrons. The lowest BCUT2D eigenvalue weighted by Gasteiger charge is -2.04. The average molecular weight is 373 g/mol. The maximum Gasteiger partial charge on any atom is 0.311 e. The van der Waals surface area contributed by atoms with E-state index in [0.717, 1.165) is 0 Å². The van der Waals surface area contributed by atoms with E-state index in [0.29, 0.717) is 33.0 Å². The molecule has 23 heavy (non-hydrogen) atoms. The van der Waals surface area contributed by atoms with Crippen molar-refractivity contribution in [3.63, 3.8) is 0 Å². The van der Waals surface area contributed by atoms with Crippen molar-refractivity contribution in [2.75, 3.05) is 18.5 Å². The Morgan fingerprint density at radius 2 is 2.09 bits per heavy atom. The number of aromatic nitrogens is 1. The minimum absolute atomic E-state index is 0.0737. The lowest BCUT2D eigenvalue weighted by molar-refractivity contribution is -0.142. The predicted octanol–water partition coefficient (Wildman–Crippen LogP) is 3.85. The van der Waals surface area contributed by atoms with Crippen LogP contribution in [0, 0.1) is 0 Å². The largest absolute Gasteiger partial charge is 0.466 e. The smallest absolute Gasteiger partial charge is 0.311 e. The highest BCUT2D eigenvalue weighted by Gasteiger charge is 2.11. The number of hydrogen-bond acceptors (Lipinski definition) is 6. The van der Waals surface area contributed by atoms with Gasteiger partial charge in [0.15, 0.2) is 10.9 Å². The van der Waals surface area contributed by atoms with Gasteiger partial charge in [-0.25, -0.2) is 4.98 Å². The number of rotatable bonds is 7. The minimum Gasteiger partial charge on any atom is -0.466 e. The van der Waals surface area contributed by atoms with Crippen LogP contribution in [0.25, 0.3) is 0 Å². The summed E-state index contributed by atoms with van der Waals surface area (Å²) in [5.74, 6) is -0.457. The molecule has 0 bridgehead atoms. The number of carbonyl (C=O) groups excluding carboxylic acids is 2. The monoisotopic (exact) mass is 372 g/mol. The second-order valence-electron chi connectivity index (χ2n) is 4.53. The van der Waals surface area contributed by atoms with Gasteiger partial charge in [-0.1, -0.05) is 23.2 Å². The summed E-state index contributed by atoms with van der Waals surface area (Å²) in [5, 5.41) is 5.99. The molecule has 2 rings (SSSR count). The Bertz CT molecular complexity index is 718. The molecule has 0 unspecified atom stereocenters. The SMILES string of the molecule is CCOC(=O)Cc1csc(NCC(=O)c2ccc(Cl)c(Cl)c2)n1. The predicted molar refractivity (Wildman–Crippen MR) is 91.7 cm³/mol. The molecule has 0 saturated heterocycles. The molecule has 0 radical (unpaired) electrons. The summed E-state index contributed by atoms with van der Waals surface area (Å²) in [6.45, 7) is 2.16. The van der Waals surface area contributed by atoms with Gasteiger partial charge in [0.05, 0.1) is 35.3 Å². The molecule has 0 aliphatic heterocycles. The minimum atomic E-state index is -0.323. The number of carbonyl (C=O) groups is 2. The van der Waals surface area contributed by atoms with Gasteiger partial charge in [0.1, 0.15) is 0 Å². The first-order chi connectivity index (χ1) is 11.0. The number of thiazole rings is 1. The first-order valence-electron chi connectivity index (χ1n) is 6.81. The molecule has 0 atom stereocenters. The number of nitrogens with one attached hydrogen (secondary N) is 1. The van der Waals surface area contributed by atoms with Gasteiger partial charge in [-0.3, -0.25) is 9.59 Å². The number of nitrogens with zero attached hydrogens (tertiary/aromatic N) is 1. The Labute approximate surface area is 147 Å². The molecule has 1 aromatic heterocycles. The van der Waals surface area contributed by atoms with Crippen LogP contribution in [-0.2, 0) is 16.0 Å². The van der Waals surface area contributed by atoms with Crippen LogP contribution >= 0.6 is 34.5 Å². The van der Waals surface area contributed by atoms with Crippen LogP contribution in [0.15, 0.2) is 23.6 Å². The normalized spacial score (nSPS) is 10.4. The summed E-state index contributed by atoms with van der Waals surface area (Å²) in [4.78, 5) is 27.7. The fourth-order valence-electron chi connectivity index (χ4n) is 1.76. The summed E-state index contributed by atoms with van der Waals surface area (Å²) in [6.07, 6.45) is 0.118. The maximum absolute atomic E-state index is 12.1. The molecule has 0 saturated carbocycles. The van der Waals surface area contributed by atoms with Crippen LogP contribution in [-0.4, -0.2) is 29.9 Å². The van der Waals surface area contributed by atoms with Crippen molar-refractivity contribution in [3.8, 4) is 0 Å². The molecule has 1 heterocycles. The molecular weight excluding hydrogens is 359 g/mol. The second kappa shape index (κ2) is 8.29. The number of anilines is 1. The third-order valence-corrected chi connectivity index (χ3v) is 4.41. The van der Waals surface area contributed by atoms with E-state index in [2.05, 4.69) is 10.3 Å². The van der Waals surface area contributed by atoms with Gasteiger partial charge in [-0.15, -0.1) is 11.3 Å². The topological polar surface area (TPSA) is 68.3 Å². The lowest BCUT2D eigenvalue weighted by Crippen LogP contribution is -2.14. The third-order valence-electron chi connectivity index (χ3n) is 2.82. The van der Waals surface area contributed by atoms with Gasteiger partial charge in [-0.2, -0.15) is 0 Å². The molecule has 0 aliphatic carbocycles. The van der Waals surface area contributed by atoms with Gasteiger partial charge >= 0.3 is 5.97 Å². The van der Waals surface area contributed by atoms with Crippen LogP contribution in [0.4, 0.5) is 5.13 Å². The summed E-state index contributed by atoms with van der Waals surface area (Å²) >= 11 is 13.0. The van der Waals surface area contributed by atoms with E-state index in [1.165, 1.54) is 17.4 Å². The Kier molecular flexibility index (Phi) is 6.38. The Balaban J connectivity index is 1.90. The molecule has 0 spiro atoms. The van der Waals surface area contributed by atoms with Crippen molar-refractivity contribution in [2.45, 2.75) is 13.3 Å². The van der Waals surface area contributed by atoms with E-state index in [1.807, 2.05) is 0 Å². The van der Waals surface area contributed by atoms with Crippen molar-refractivity contribution in [1.29, 1.82) is 0 Å². The van der Waals surface area contributed by atoms with Crippen LogP contribution in [0.3, 0.4) is 0 Å². The van der Waals surface area contributed by atoms with Gasteiger partial charge < -0.3 is 10.1 Å². The number of Topliss-reactive ketones (excluding diaryl/α,β-unsaturated/α-hetero) is 1. The van der Waals surface area contributed by atoms with Crippen LogP contribution in [0.5, 0.6) is 0 Å². The molecule has 0 amide bonds. The fraction of sp³-hybridized carbons (Fsp3) is 0.267. The Hall–Kier alpha value is -1.63. The van der Waals surface area contributed by atoms with E-state index in [4.69, 9.17) is 27.9 Å². The van der Waals surface area contributed by atoms with Crippen molar-refractivity contribution in [3.05, 3.63) is 44.9 Å². The summed E-state index contributed by atoms with van der Waals surface area (Å²) < 4.78 is 4.86. The van der Waals surface area contributed by atoms with Crippen LogP contribution in [0.2, 0.25) is 10.0 Å². The molecule has 0 fully saturated rings. The first-order valence-corrected chi connectivity index (χ1v) is 8.45.